The number of benzene rings is 1. The summed E-state index contributed by atoms with van der Waals surface area (Å²) < 4.78 is 0. The van der Waals surface area contributed by atoms with Crippen molar-refractivity contribution in [2.24, 2.45) is 0 Å². The van der Waals surface area contributed by atoms with Gasteiger partial charge in [0.25, 0.3) is 0 Å². The van der Waals surface area contributed by atoms with Gasteiger partial charge in [0, 0.05) is 18.6 Å². The average molecular weight is 321 g/mol. The third kappa shape index (κ3) is 7.08. The summed E-state index contributed by atoms with van der Waals surface area (Å²) in [5.74, 6) is -1.12. The quantitative estimate of drug-likeness (QED) is 0.682. The van der Waals surface area contributed by atoms with Crippen molar-refractivity contribution in [2.75, 3.05) is 0 Å². The lowest BCUT2D eigenvalue weighted by Crippen LogP contribution is -2.41. The first-order valence-corrected chi connectivity index (χ1v) is 7.84. The van der Waals surface area contributed by atoms with E-state index >= 15 is 0 Å². The fourth-order valence-electron chi connectivity index (χ4n) is 1.66. The van der Waals surface area contributed by atoms with Crippen molar-refractivity contribution in [3.05, 3.63) is 48.6 Å². The molecule has 0 radical (unpaired) electrons. The number of carbonyl (C=O) groups excluding carboxylic acids is 2. The highest BCUT2D eigenvalue weighted by Gasteiger charge is 2.23. The Labute approximate surface area is 133 Å². The molecule has 6 heteroatoms. The van der Waals surface area contributed by atoms with Crippen molar-refractivity contribution in [2.45, 2.75) is 31.1 Å². The number of hydrogen-bond acceptors (Lipinski definition) is 4. The molecule has 0 bridgehead atoms. The van der Waals surface area contributed by atoms with E-state index in [0.29, 0.717) is 12.2 Å². The first kappa shape index (κ1) is 18.0. The number of rotatable bonds is 9. The molecule has 5 nitrogen and oxygen atoms in total. The second-order valence-electron chi connectivity index (χ2n) is 4.64. The predicted molar refractivity (Wildman–Crippen MR) is 86.4 cm³/mol. The number of thioether (sulfide) groups is 1. The first-order chi connectivity index (χ1) is 10.5. The SMILES string of the molecule is C=CCCC(=O)N[C@@H](CC(=O)SCc1ccccc1)C(=O)O. The average Bonchev–Trinajstić information content (AvgIpc) is 2.51. The van der Waals surface area contributed by atoms with E-state index in [2.05, 4.69) is 11.9 Å². The highest BCUT2D eigenvalue weighted by atomic mass is 32.2. The van der Waals surface area contributed by atoms with Crippen LogP contribution in [0.4, 0.5) is 0 Å². The van der Waals surface area contributed by atoms with E-state index in [4.69, 9.17) is 5.11 Å². The van der Waals surface area contributed by atoms with Crippen LogP contribution in [-0.2, 0) is 20.1 Å². The zero-order chi connectivity index (χ0) is 16.4. The zero-order valence-corrected chi connectivity index (χ0v) is 13.0. The lowest BCUT2D eigenvalue weighted by Gasteiger charge is -2.13. The van der Waals surface area contributed by atoms with Crippen LogP contribution in [0.2, 0.25) is 0 Å². The van der Waals surface area contributed by atoms with Crippen LogP contribution in [0, 0.1) is 0 Å². The minimum Gasteiger partial charge on any atom is -0.480 e. The van der Waals surface area contributed by atoms with Crippen molar-refractivity contribution in [1.82, 2.24) is 5.32 Å². The normalized spacial score (nSPS) is 11.5. The third-order valence-electron chi connectivity index (χ3n) is 2.82. The summed E-state index contributed by atoms with van der Waals surface area (Å²) in [5, 5.41) is 11.2. The maximum absolute atomic E-state index is 11.9. The van der Waals surface area contributed by atoms with Crippen LogP contribution in [-0.4, -0.2) is 28.1 Å². The van der Waals surface area contributed by atoms with Gasteiger partial charge >= 0.3 is 5.97 Å². The molecule has 0 aliphatic heterocycles. The molecule has 1 rings (SSSR count). The Balaban J connectivity index is 2.45. The Morgan fingerprint density at radius 1 is 1.27 bits per heavy atom. The van der Waals surface area contributed by atoms with Crippen molar-refractivity contribution in [3.8, 4) is 0 Å². The second-order valence-corrected chi connectivity index (χ2v) is 5.67. The molecule has 118 valence electrons. The van der Waals surface area contributed by atoms with Gasteiger partial charge in [-0.15, -0.1) is 6.58 Å². The maximum Gasteiger partial charge on any atom is 0.326 e. The molecule has 0 saturated heterocycles. The monoisotopic (exact) mass is 321 g/mol. The molecule has 1 amide bonds. The van der Waals surface area contributed by atoms with Gasteiger partial charge in [0.1, 0.15) is 6.04 Å². The van der Waals surface area contributed by atoms with E-state index < -0.39 is 17.9 Å². The molecule has 1 aromatic carbocycles. The smallest absolute Gasteiger partial charge is 0.326 e. The second kappa shape index (κ2) is 9.78. The zero-order valence-electron chi connectivity index (χ0n) is 12.2. The summed E-state index contributed by atoms with van der Waals surface area (Å²) in [6.45, 7) is 3.49. The standard InChI is InChI=1S/C16H19NO4S/c1-2-3-9-14(18)17-13(16(20)21)10-15(19)22-11-12-7-5-4-6-8-12/h2,4-8,13H,1,3,9-11H2,(H,17,18)(H,20,21)/t13-/m0/s1. The minimum absolute atomic E-state index is 0.165. The number of allylic oxidation sites excluding steroid dienone is 1. The molecule has 0 aromatic heterocycles. The van der Waals surface area contributed by atoms with E-state index in [1.807, 2.05) is 30.3 Å². The number of aliphatic carboxylic acids is 1. The summed E-state index contributed by atoms with van der Waals surface area (Å²) in [6, 6.07) is 8.24. The molecular weight excluding hydrogens is 302 g/mol. The molecule has 0 saturated carbocycles. The van der Waals surface area contributed by atoms with Gasteiger partial charge in [-0.05, 0) is 12.0 Å². The van der Waals surface area contributed by atoms with Gasteiger partial charge in [-0.25, -0.2) is 4.79 Å². The molecule has 1 aromatic rings. The van der Waals surface area contributed by atoms with Gasteiger partial charge in [0.05, 0.1) is 0 Å². The lowest BCUT2D eigenvalue weighted by atomic mass is 10.2. The molecule has 1 atom stereocenters. The van der Waals surface area contributed by atoms with Gasteiger partial charge in [0.2, 0.25) is 5.91 Å². The number of hydrogen-bond donors (Lipinski definition) is 2. The molecule has 0 spiro atoms. The van der Waals surface area contributed by atoms with E-state index in [1.54, 1.807) is 6.08 Å². The van der Waals surface area contributed by atoms with Crippen LogP contribution in [0.25, 0.3) is 0 Å². The predicted octanol–water partition coefficient (Wildman–Crippen LogP) is 2.37. The van der Waals surface area contributed by atoms with Crippen molar-refractivity contribution in [1.29, 1.82) is 0 Å². The summed E-state index contributed by atoms with van der Waals surface area (Å²) >= 11 is 1.05. The van der Waals surface area contributed by atoms with E-state index in [0.717, 1.165) is 17.3 Å². The molecule has 2 N–H and O–H groups in total. The van der Waals surface area contributed by atoms with Crippen LogP contribution in [0.1, 0.15) is 24.8 Å². The Hall–Kier alpha value is -2.08. The van der Waals surface area contributed by atoms with Gasteiger partial charge < -0.3 is 10.4 Å². The molecule has 0 heterocycles. The Bertz CT molecular complexity index is 530. The molecular formula is C16H19NO4S. The van der Waals surface area contributed by atoms with Crippen LogP contribution >= 0.6 is 11.8 Å². The molecule has 0 aliphatic rings. The molecule has 0 fully saturated rings. The van der Waals surface area contributed by atoms with Crippen LogP contribution < -0.4 is 5.32 Å². The first-order valence-electron chi connectivity index (χ1n) is 6.85. The summed E-state index contributed by atoms with van der Waals surface area (Å²) in [7, 11) is 0. The summed E-state index contributed by atoms with van der Waals surface area (Å²) in [4.78, 5) is 34.5. The minimum atomic E-state index is -1.21. The third-order valence-corrected chi connectivity index (χ3v) is 3.79. The van der Waals surface area contributed by atoms with Crippen molar-refractivity contribution >= 4 is 28.8 Å². The van der Waals surface area contributed by atoms with Crippen molar-refractivity contribution in [3.63, 3.8) is 0 Å². The molecule has 0 unspecified atom stereocenters. The maximum atomic E-state index is 11.9. The Morgan fingerprint density at radius 3 is 2.55 bits per heavy atom. The van der Waals surface area contributed by atoms with E-state index in [1.165, 1.54) is 0 Å². The lowest BCUT2D eigenvalue weighted by molar-refractivity contribution is -0.142. The number of carboxylic acids is 1. The van der Waals surface area contributed by atoms with Crippen molar-refractivity contribution < 1.29 is 19.5 Å². The van der Waals surface area contributed by atoms with Crippen LogP contribution in [0.3, 0.4) is 0 Å². The van der Waals surface area contributed by atoms with Crippen LogP contribution in [0.5, 0.6) is 0 Å². The number of carbonyl (C=O) groups is 3. The van der Waals surface area contributed by atoms with E-state index in [-0.39, 0.29) is 18.0 Å². The van der Waals surface area contributed by atoms with E-state index in [9.17, 15) is 14.4 Å². The fourth-order valence-corrected chi connectivity index (χ4v) is 2.47. The topological polar surface area (TPSA) is 83.5 Å². The molecule has 22 heavy (non-hydrogen) atoms. The Morgan fingerprint density at radius 2 is 1.95 bits per heavy atom. The van der Waals surface area contributed by atoms with Gasteiger partial charge in [0.15, 0.2) is 5.12 Å². The number of carboxylic acid groups (broad SMARTS) is 1. The van der Waals surface area contributed by atoms with Crippen LogP contribution in [0.15, 0.2) is 43.0 Å². The fraction of sp³-hybridized carbons (Fsp3) is 0.312. The highest BCUT2D eigenvalue weighted by Crippen LogP contribution is 2.15. The summed E-state index contributed by atoms with van der Waals surface area (Å²) in [6.07, 6.45) is 1.98. The van der Waals surface area contributed by atoms with Gasteiger partial charge in [-0.2, -0.15) is 0 Å². The number of amides is 1. The molecule has 0 aliphatic carbocycles. The largest absolute Gasteiger partial charge is 0.480 e. The summed E-state index contributed by atoms with van der Waals surface area (Å²) in [5.41, 5.74) is 0.989. The van der Waals surface area contributed by atoms with Gasteiger partial charge in [-0.1, -0.05) is 48.2 Å². The number of nitrogens with one attached hydrogen (secondary N) is 1. The Kier molecular flexibility index (Phi) is 7.99. The highest BCUT2D eigenvalue weighted by molar-refractivity contribution is 8.12. The van der Waals surface area contributed by atoms with Gasteiger partial charge in [-0.3, -0.25) is 9.59 Å².